The molecule has 0 unspecified atom stereocenters. The van der Waals surface area contributed by atoms with Crippen LogP contribution in [-0.2, 0) is 5.41 Å². The number of hydrogen-bond donors (Lipinski definition) is 0. The molecule has 0 aliphatic heterocycles. The summed E-state index contributed by atoms with van der Waals surface area (Å²) in [5.74, 6) is 2.67. The standard InChI is InChI=1S/C46H41N/c1-4-10-36(11-5-1)38-16-20-41(21-17-38)47(42-22-18-39(19-23-42)37-12-6-2-7-13-37)43-24-25-44(40-14-8-3-9-15-40)45(29-43)46-30-33-26-34(31-46)28-35(27-33)32-46/h1-25,29,33-35H,26-28,30-32H2. The number of anilines is 3. The minimum Gasteiger partial charge on any atom is -0.310 e. The fraction of sp³-hybridized carbons (Fsp3) is 0.217. The summed E-state index contributed by atoms with van der Waals surface area (Å²) in [6.07, 6.45) is 8.40. The van der Waals surface area contributed by atoms with E-state index in [4.69, 9.17) is 0 Å². The van der Waals surface area contributed by atoms with E-state index < -0.39 is 0 Å². The van der Waals surface area contributed by atoms with Crippen molar-refractivity contribution in [2.45, 2.75) is 43.9 Å². The quantitative estimate of drug-likeness (QED) is 0.174. The topological polar surface area (TPSA) is 3.24 Å². The van der Waals surface area contributed by atoms with Crippen molar-refractivity contribution in [1.29, 1.82) is 0 Å². The molecule has 4 saturated carbocycles. The van der Waals surface area contributed by atoms with E-state index in [1.54, 1.807) is 5.56 Å². The highest BCUT2D eigenvalue weighted by Crippen LogP contribution is 2.62. The van der Waals surface area contributed by atoms with Gasteiger partial charge < -0.3 is 4.90 Å². The molecule has 1 heteroatoms. The van der Waals surface area contributed by atoms with Crippen LogP contribution in [0.15, 0.2) is 158 Å². The van der Waals surface area contributed by atoms with Gasteiger partial charge in [0.05, 0.1) is 0 Å². The Kier molecular flexibility index (Phi) is 7.08. The van der Waals surface area contributed by atoms with Crippen LogP contribution in [0.4, 0.5) is 17.1 Å². The van der Waals surface area contributed by atoms with Crippen LogP contribution in [0.25, 0.3) is 33.4 Å². The molecule has 0 heterocycles. The first-order valence-electron chi connectivity index (χ1n) is 17.5. The maximum Gasteiger partial charge on any atom is 0.0464 e. The maximum absolute atomic E-state index is 2.59. The van der Waals surface area contributed by atoms with Gasteiger partial charge in [0.15, 0.2) is 0 Å². The van der Waals surface area contributed by atoms with Crippen LogP contribution in [-0.4, -0.2) is 0 Å². The third kappa shape index (κ3) is 5.28. The summed E-state index contributed by atoms with van der Waals surface area (Å²) in [5, 5.41) is 0. The van der Waals surface area contributed by atoms with Crippen LogP contribution in [0.5, 0.6) is 0 Å². The van der Waals surface area contributed by atoms with Gasteiger partial charge >= 0.3 is 0 Å². The Morgan fingerprint density at radius 2 is 0.766 bits per heavy atom. The highest BCUT2D eigenvalue weighted by atomic mass is 15.1. The predicted molar refractivity (Wildman–Crippen MR) is 197 cm³/mol. The molecule has 1 nitrogen and oxygen atoms in total. The second-order valence-corrected chi connectivity index (χ2v) is 14.5. The van der Waals surface area contributed by atoms with Crippen molar-refractivity contribution in [3.05, 3.63) is 163 Å². The second-order valence-electron chi connectivity index (χ2n) is 14.5. The molecule has 230 valence electrons. The zero-order valence-electron chi connectivity index (χ0n) is 26.9. The Hall–Kier alpha value is -4.88. The van der Waals surface area contributed by atoms with E-state index in [0.29, 0.717) is 0 Å². The Morgan fingerprint density at radius 3 is 1.21 bits per heavy atom. The van der Waals surface area contributed by atoms with Gasteiger partial charge in [-0.15, -0.1) is 0 Å². The second kappa shape index (κ2) is 11.7. The van der Waals surface area contributed by atoms with Crippen LogP contribution in [0, 0.1) is 17.8 Å². The van der Waals surface area contributed by atoms with Crippen LogP contribution in [0.3, 0.4) is 0 Å². The summed E-state index contributed by atoms with van der Waals surface area (Å²) in [6.45, 7) is 0. The number of nitrogens with zero attached hydrogens (tertiary/aromatic N) is 1. The van der Waals surface area contributed by atoms with Gasteiger partial charge in [0, 0.05) is 17.1 Å². The smallest absolute Gasteiger partial charge is 0.0464 e. The average molecular weight is 608 g/mol. The van der Waals surface area contributed by atoms with E-state index in [1.807, 2.05) is 0 Å². The van der Waals surface area contributed by atoms with Crippen LogP contribution in [0.2, 0.25) is 0 Å². The van der Waals surface area contributed by atoms with E-state index in [0.717, 1.165) is 17.8 Å². The van der Waals surface area contributed by atoms with E-state index in [9.17, 15) is 0 Å². The molecule has 6 aromatic rings. The van der Waals surface area contributed by atoms with Crippen LogP contribution >= 0.6 is 0 Å². The van der Waals surface area contributed by atoms with Crippen LogP contribution < -0.4 is 4.90 Å². The third-order valence-corrected chi connectivity index (χ3v) is 11.4. The van der Waals surface area contributed by atoms with Gasteiger partial charge in [-0.05, 0) is 137 Å². The van der Waals surface area contributed by atoms with Gasteiger partial charge in [-0.25, -0.2) is 0 Å². The highest BCUT2D eigenvalue weighted by molar-refractivity contribution is 5.82. The predicted octanol–water partition coefficient (Wildman–Crippen LogP) is 12.6. The van der Waals surface area contributed by atoms with Crippen molar-refractivity contribution in [3.63, 3.8) is 0 Å². The van der Waals surface area contributed by atoms with Crippen molar-refractivity contribution in [1.82, 2.24) is 0 Å². The molecule has 0 atom stereocenters. The van der Waals surface area contributed by atoms with Gasteiger partial charge in [0.2, 0.25) is 0 Å². The number of rotatable bonds is 7. The number of benzene rings is 6. The van der Waals surface area contributed by atoms with Gasteiger partial charge in [-0.1, -0.05) is 121 Å². The minimum absolute atomic E-state index is 0.274. The summed E-state index contributed by atoms with van der Waals surface area (Å²) < 4.78 is 0. The lowest BCUT2D eigenvalue weighted by Gasteiger charge is -2.57. The number of hydrogen-bond acceptors (Lipinski definition) is 1. The van der Waals surface area contributed by atoms with Gasteiger partial charge in [-0.2, -0.15) is 0 Å². The molecule has 4 aliphatic rings. The molecule has 6 aromatic carbocycles. The van der Waals surface area contributed by atoms with E-state index in [1.165, 1.54) is 89.0 Å². The van der Waals surface area contributed by atoms with E-state index in [2.05, 4.69) is 163 Å². The molecular formula is C46H41N. The van der Waals surface area contributed by atoms with Crippen molar-refractivity contribution >= 4 is 17.1 Å². The SMILES string of the molecule is c1ccc(-c2ccc(N(c3ccc(-c4ccccc4)cc3)c3ccc(-c4ccccc4)c(C45CC6CC(CC(C6)C4)C5)c3)cc2)cc1. The molecular weight excluding hydrogens is 567 g/mol. The molecule has 0 saturated heterocycles. The monoisotopic (exact) mass is 607 g/mol. The Labute approximate surface area is 279 Å². The molecule has 4 bridgehead atoms. The van der Waals surface area contributed by atoms with Crippen molar-refractivity contribution in [2.75, 3.05) is 4.90 Å². The maximum atomic E-state index is 2.59. The molecule has 10 rings (SSSR count). The lowest BCUT2D eigenvalue weighted by Crippen LogP contribution is -2.48. The highest BCUT2D eigenvalue weighted by Gasteiger charge is 2.52. The van der Waals surface area contributed by atoms with Crippen molar-refractivity contribution < 1.29 is 0 Å². The first kappa shape index (κ1) is 28.4. The summed E-state index contributed by atoms with van der Waals surface area (Å²) in [6, 6.07) is 58.2. The summed E-state index contributed by atoms with van der Waals surface area (Å²) in [7, 11) is 0. The lowest BCUT2D eigenvalue weighted by atomic mass is 9.47. The fourth-order valence-electron chi connectivity index (χ4n) is 9.73. The molecule has 0 spiro atoms. The third-order valence-electron chi connectivity index (χ3n) is 11.4. The molecule has 0 aromatic heterocycles. The minimum atomic E-state index is 0.274. The molecule has 0 amide bonds. The zero-order chi connectivity index (χ0) is 31.2. The first-order valence-corrected chi connectivity index (χ1v) is 17.5. The Bertz CT molecular complexity index is 1860. The zero-order valence-corrected chi connectivity index (χ0v) is 26.9. The van der Waals surface area contributed by atoms with Crippen molar-refractivity contribution in [2.24, 2.45) is 17.8 Å². The van der Waals surface area contributed by atoms with Crippen molar-refractivity contribution in [3.8, 4) is 33.4 Å². The normalized spacial score (nSPS) is 22.7. The molecule has 47 heavy (non-hydrogen) atoms. The van der Waals surface area contributed by atoms with Gasteiger partial charge in [0.1, 0.15) is 0 Å². The van der Waals surface area contributed by atoms with Gasteiger partial charge in [-0.3, -0.25) is 0 Å². The van der Waals surface area contributed by atoms with Gasteiger partial charge in [0.25, 0.3) is 0 Å². The van der Waals surface area contributed by atoms with E-state index >= 15 is 0 Å². The molecule has 0 radical (unpaired) electrons. The summed E-state index contributed by atoms with van der Waals surface area (Å²) >= 11 is 0. The molecule has 4 aliphatic carbocycles. The molecule has 4 fully saturated rings. The largest absolute Gasteiger partial charge is 0.310 e. The summed E-state index contributed by atoms with van der Waals surface area (Å²) in [4.78, 5) is 2.47. The van der Waals surface area contributed by atoms with E-state index in [-0.39, 0.29) is 5.41 Å². The lowest BCUT2D eigenvalue weighted by molar-refractivity contribution is -0.00490. The Morgan fingerprint density at radius 1 is 0.383 bits per heavy atom. The summed E-state index contributed by atoms with van der Waals surface area (Å²) in [5.41, 5.74) is 13.2. The fourth-order valence-corrected chi connectivity index (χ4v) is 9.73. The average Bonchev–Trinajstić information content (AvgIpc) is 3.13. The van der Waals surface area contributed by atoms with Crippen LogP contribution in [0.1, 0.15) is 44.1 Å². The first-order chi connectivity index (χ1) is 23.2. The Balaban J connectivity index is 1.19. The molecule has 0 N–H and O–H groups in total.